The second kappa shape index (κ2) is 7.90. The minimum absolute atomic E-state index is 0.334. The molecule has 0 fully saturated rings. The van der Waals surface area contributed by atoms with E-state index in [1.54, 1.807) is 7.11 Å². The first-order chi connectivity index (χ1) is 11.8. The second-order valence-corrected chi connectivity index (χ2v) is 5.63. The topological polar surface area (TPSA) is 52.1 Å². The van der Waals surface area contributed by atoms with E-state index < -0.39 is 0 Å². The molecule has 5 nitrogen and oxygen atoms in total. The van der Waals surface area contributed by atoms with Crippen LogP contribution in [0.1, 0.15) is 5.82 Å². The summed E-state index contributed by atoms with van der Waals surface area (Å²) in [6.07, 6.45) is 0. The Hall–Kier alpha value is -2.44. The molecule has 1 aromatic heterocycles. The number of hydrogen-bond acceptors (Lipinski definition) is 4. The van der Waals surface area contributed by atoms with Gasteiger partial charge in [0.2, 0.25) is 0 Å². The van der Waals surface area contributed by atoms with Crippen molar-refractivity contribution in [3.05, 3.63) is 65.2 Å². The van der Waals surface area contributed by atoms with Gasteiger partial charge < -0.3 is 9.47 Å². The number of H-pyrrole nitrogens is 1. The van der Waals surface area contributed by atoms with Gasteiger partial charge in [-0.25, -0.2) is 0 Å². The largest absolute Gasteiger partial charge is 0.485 e. The van der Waals surface area contributed by atoms with Crippen molar-refractivity contribution >= 4 is 12.2 Å². The molecule has 1 heterocycles. The summed E-state index contributed by atoms with van der Waals surface area (Å²) in [5.41, 5.74) is 2.17. The Kier molecular flexibility index (Phi) is 5.40. The van der Waals surface area contributed by atoms with Gasteiger partial charge in [-0.15, -0.1) is 0 Å². The van der Waals surface area contributed by atoms with E-state index in [1.165, 1.54) is 0 Å². The molecule has 0 saturated carbocycles. The van der Waals surface area contributed by atoms with Crippen LogP contribution in [0.3, 0.4) is 0 Å². The Morgan fingerprint density at radius 1 is 1.08 bits per heavy atom. The van der Waals surface area contributed by atoms with Crippen LogP contribution in [0.25, 0.3) is 11.1 Å². The lowest BCUT2D eigenvalue weighted by molar-refractivity contribution is 0.183. The van der Waals surface area contributed by atoms with Gasteiger partial charge in [0.15, 0.2) is 10.6 Å². The van der Waals surface area contributed by atoms with Crippen molar-refractivity contribution in [1.82, 2.24) is 14.8 Å². The van der Waals surface area contributed by atoms with Crippen LogP contribution in [0.5, 0.6) is 5.75 Å². The van der Waals surface area contributed by atoms with Crippen LogP contribution in [-0.4, -0.2) is 28.5 Å². The Labute approximate surface area is 145 Å². The predicted octanol–water partition coefficient (Wildman–Crippen LogP) is 3.83. The minimum atomic E-state index is 0.334. The number of nitrogens with one attached hydrogen (secondary N) is 1. The van der Waals surface area contributed by atoms with Crippen molar-refractivity contribution in [3.63, 3.8) is 0 Å². The van der Waals surface area contributed by atoms with Crippen LogP contribution in [0.15, 0.2) is 54.6 Å². The SMILES string of the molecule is COCCn1c(COc2ccccc2-c2ccccc2)n[nH]c1=S. The monoisotopic (exact) mass is 341 g/mol. The van der Waals surface area contributed by atoms with E-state index in [0.717, 1.165) is 22.7 Å². The number of para-hydroxylation sites is 1. The molecule has 3 aromatic rings. The van der Waals surface area contributed by atoms with E-state index in [0.29, 0.717) is 24.5 Å². The summed E-state index contributed by atoms with van der Waals surface area (Å²) in [6, 6.07) is 18.1. The molecule has 0 aliphatic rings. The Balaban J connectivity index is 1.80. The molecule has 0 bridgehead atoms. The third-order valence-corrected chi connectivity index (χ3v) is 4.00. The second-order valence-electron chi connectivity index (χ2n) is 5.24. The summed E-state index contributed by atoms with van der Waals surface area (Å²) in [4.78, 5) is 0. The average Bonchev–Trinajstić information content (AvgIpc) is 2.99. The first-order valence-corrected chi connectivity index (χ1v) is 8.10. The van der Waals surface area contributed by atoms with Crippen LogP contribution in [0.4, 0.5) is 0 Å². The predicted molar refractivity (Wildman–Crippen MR) is 95.5 cm³/mol. The number of hydrogen-bond donors (Lipinski definition) is 1. The maximum Gasteiger partial charge on any atom is 0.195 e. The highest BCUT2D eigenvalue weighted by molar-refractivity contribution is 7.71. The number of aromatic nitrogens is 3. The molecular formula is C18H19N3O2S. The van der Waals surface area contributed by atoms with E-state index in [4.69, 9.17) is 21.7 Å². The zero-order valence-electron chi connectivity index (χ0n) is 13.4. The van der Waals surface area contributed by atoms with Crippen molar-refractivity contribution in [2.24, 2.45) is 0 Å². The fourth-order valence-corrected chi connectivity index (χ4v) is 2.71. The van der Waals surface area contributed by atoms with Gasteiger partial charge in [0.05, 0.1) is 13.2 Å². The van der Waals surface area contributed by atoms with Crippen molar-refractivity contribution in [2.45, 2.75) is 13.2 Å². The van der Waals surface area contributed by atoms with Crippen molar-refractivity contribution < 1.29 is 9.47 Å². The first-order valence-electron chi connectivity index (χ1n) is 7.70. The molecule has 0 saturated heterocycles. The van der Waals surface area contributed by atoms with Crippen LogP contribution >= 0.6 is 12.2 Å². The van der Waals surface area contributed by atoms with Gasteiger partial charge in [-0.05, 0) is 23.8 Å². The molecule has 24 heavy (non-hydrogen) atoms. The van der Waals surface area contributed by atoms with Crippen molar-refractivity contribution in [3.8, 4) is 16.9 Å². The van der Waals surface area contributed by atoms with Crippen LogP contribution < -0.4 is 4.74 Å². The molecule has 124 valence electrons. The molecule has 1 N–H and O–H groups in total. The van der Waals surface area contributed by atoms with Gasteiger partial charge >= 0.3 is 0 Å². The Morgan fingerprint density at radius 2 is 1.83 bits per heavy atom. The number of methoxy groups -OCH3 is 1. The lowest BCUT2D eigenvalue weighted by atomic mass is 10.1. The summed E-state index contributed by atoms with van der Waals surface area (Å²) in [6.45, 7) is 1.55. The van der Waals surface area contributed by atoms with Gasteiger partial charge in [0, 0.05) is 12.7 Å². The molecule has 0 radical (unpaired) electrons. The van der Waals surface area contributed by atoms with Crippen molar-refractivity contribution in [2.75, 3.05) is 13.7 Å². The zero-order valence-corrected chi connectivity index (χ0v) is 14.3. The summed E-state index contributed by atoms with van der Waals surface area (Å²) < 4.78 is 13.6. The fourth-order valence-electron chi connectivity index (χ4n) is 2.46. The van der Waals surface area contributed by atoms with Gasteiger partial charge in [0.25, 0.3) is 0 Å². The molecule has 2 aromatic carbocycles. The van der Waals surface area contributed by atoms with Crippen LogP contribution in [0, 0.1) is 4.77 Å². The molecule has 3 rings (SSSR count). The smallest absolute Gasteiger partial charge is 0.195 e. The third-order valence-electron chi connectivity index (χ3n) is 3.68. The highest BCUT2D eigenvalue weighted by Gasteiger charge is 2.10. The van der Waals surface area contributed by atoms with Gasteiger partial charge in [-0.2, -0.15) is 5.10 Å². The van der Waals surface area contributed by atoms with Crippen LogP contribution in [0.2, 0.25) is 0 Å². The quantitative estimate of drug-likeness (QED) is 0.664. The number of nitrogens with zero attached hydrogens (tertiary/aromatic N) is 2. The number of aromatic amines is 1. The molecule has 0 spiro atoms. The normalized spacial score (nSPS) is 10.7. The fraction of sp³-hybridized carbons (Fsp3) is 0.222. The summed E-state index contributed by atoms with van der Waals surface area (Å²) in [5, 5.41) is 7.06. The van der Waals surface area contributed by atoms with Crippen molar-refractivity contribution in [1.29, 1.82) is 0 Å². The number of ether oxygens (including phenoxy) is 2. The zero-order chi connectivity index (χ0) is 16.8. The molecule has 0 amide bonds. The summed E-state index contributed by atoms with van der Waals surface area (Å²) in [7, 11) is 1.66. The highest BCUT2D eigenvalue weighted by Crippen LogP contribution is 2.29. The van der Waals surface area contributed by atoms with Gasteiger partial charge in [0.1, 0.15) is 12.4 Å². The molecule has 0 atom stereocenters. The Morgan fingerprint density at radius 3 is 2.62 bits per heavy atom. The maximum absolute atomic E-state index is 6.02. The number of rotatable bonds is 7. The van der Waals surface area contributed by atoms with E-state index in [-0.39, 0.29) is 0 Å². The van der Waals surface area contributed by atoms with E-state index >= 15 is 0 Å². The van der Waals surface area contributed by atoms with E-state index in [1.807, 2.05) is 47.0 Å². The van der Waals surface area contributed by atoms with Crippen LogP contribution in [-0.2, 0) is 17.9 Å². The lowest BCUT2D eigenvalue weighted by Crippen LogP contribution is -2.11. The van der Waals surface area contributed by atoms with Gasteiger partial charge in [-0.1, -0.05) is 48.5 Å². The third kappa shape index (κ3) is 3.72. The standard InChI is InChI=1S/C18H19N3O2S/c1-22-12-11-21-17(19-20-18(21)24)13-23-16-10-6-5-9-15(16)14-7-3-2-4-8-14/h2-10H,11-13H2,1H3,(H,20,24). The lowest BCUT2D eigenvalue weighted by Gasteiger charge is -2.12. The highest BCUT2D eigenvalue weighted by atomic mass is 32.1. The molecule has 6 heteroatoms. The number of benzene rings is 2. The molecule has 0 aliphatic heterocycles. The van der Waals surface area contributed by atoms with E-state index in [2.05, 4.69) is 22.3 Å². The minimum Gasteiger partial charge on any atom is -0.485 e. The summed E-state index contributed by atoms with van der Waals surface area (Å²) in [5.74, 6) is 1.57. The Bertz CT molecular complexity index is 843. The maximum atomic E-state index is 6.02. The first kappa shape index (κ1) is 16.4. The molecule has 0 aliphatic carbocycles. The molecule has 0 unspecified atom stereocenters. The van der Waals surface area contributed by atoms with Gasteiger partial charge in [-0.3, -0.25) is 9.67 Å². The van der Waals surface area contributed by atoms with E-state index in [9.17, 15) is 0 Å². The summed E-state index contributed by atoms with van der Waals surface area (Å²) >= 11 is 5.25. The molecular weight excluding hydrogens is 322 g/mol. The average molecular weight is 341 g/mol.